The zero-order valence-corrected chi connectivity index (χ0v) is 14.1. The van der Waals surface area contributed by atoms with E-state index in [1.54, 1.807) is 14.2 Å². The van der Waals surface area contributed by atoms with Gasteiger partial charge in [-0.1, -0.05) is 13.0 Å². The molecule has 3 nitrogen and oxygen atoms in total. The number of methoxy groups -OCH3 is 2. The lowest BCUT2D eigenvalue weighted by Crippen LogP contribution is -2.26. The van der Waals surface area contributed by atoms with Gasteiger partial charge in [0.25, 0.3) is 0 Å². The van der Waals surface area contributed by atoms with Crippen molar-refractivity contribution in [3.05, 3.63) is 22.2 Å². The van der Waals surface area contributed by atoms with Gasteiger partial charge in [-0.2, -0.15) is 0 Å². The van der Waals surface area contributed by atoms with Crippen LogP contribution < -0.4 is 14.8 Å². The lowest BCUT2D eigenvalue weighted by molar-refractivity contribution is 0.383. The minimum Gasteiger partial charge on any atom is -0.495 e. The Morgan fingerprint density at radius 2 is 2.05 bits per heavy atom. The molecule has 1 fully saturated rings. The number of nitrogens with one attached hydrogen (secondary N) is 1. The third-order valence-electron chi connectivity index (χ3n) is 4.07. The molecule has 1 aromatic carbocycles. The highest BCUT2D eigenvalue weighted by Crippen LogP contribution is 2.45. The second kappa shape index (κ2) is 7.32. The smallest absolute Gasteiger partial charge is 0.140 e. The van der Waals surface area contributed by atoms with Crippen LogP contribution in [-0.4, -0.2) is 26.8 Å². The molecule has 0 aliphatic heterocycles. The maximum absolute atomic E-state index is 5.60. The summed E-state index contributed by atoms with van der Waals surface area (Å²) in [6.45, 7) is 3.32. The summed E-state index contributed by atoms with van der Waals surface area (Å²) in [7, 11) is 3.41. The van der Waals surface area contributed by atoms with Crippen molar-refractivity contribution in [2.75, 3.05) is 20.8 Å². The minimum atomic E-state index is 0.571. The van der Waals surface area contributed by atoms with E-state index in [4.69, 9.17) is 9.47 Å². The Balaban J connectivity index is 2.15. The predicted octanol–water partition coefficient (Wildman–Crippen LogP) is 4.10. The molecular formula is C16H24BrNO2. The van der Waals surface area contributed by atoms with E-state index < -0.39 is 0 Å². The number of ether oxygens (including phenoxy) is 2. The Morgan fingerprint density at radius 1 is 1.25 bits per heavy atom. The number of hydrogen-bond donors (Lipinski definition) is 1. The molecule has 1 aliphatic rings. The van der Waals surface area contributed by atoms with Gasteiger partial charge in [-0.15, -0.1) is 0 Å². The highest BCUT2D eigenvalue weighted by molar-refractivity contribution is 9.10. The SMILES string of the molecule is CCCNC1CCC(c2ccc(OC)c(Br)c2OC)C1. The molecule has 1 aliphatic carbocycles. The highest BCUT2D eigenvalue weighted by Gasteiger charge is 2.28. The average Bonchev–Trinajstić information content (AvgIpc) is 2.93. The molecule has 1 N–H and O–H groups in total. The van der Waals surface area contributed by atoms with E-state index in [1.807, 2.05) is 6.07 Å². The van der Waals surface area contributed by atoms with Gasteiger partial charge in [0, 0.05) is 6.04 Å². The number of rotatable bonds is 6. The fourth-order valence-electron chi connectivity index (χ4n) is 3.04. The van der Waals surface area contributed by atoms with Crippen molar-refractivity contribution in [2.45, 2.75) is 44.6 Å². The molecule has 1 aromatic rings. The van der Waals surface area contributed by atoms with E-state index in [-0.39, 0.29) is 0 Å². The van der Waals surface area contributed by atoms with Crippen LogP contribution in [0.3, 0.4) is 0 Å². The van der Waals surface area contributed by atoms with Crippen LogP contribution in [-0.2, 0) is 0 Å². The third-order valence-corrected chi connectivity index (χ3v) is 4.82. The number of benzene rings is 1. The standard InChI is InChI=1S/C16H24BrNO2/c1-4-9-18-12-6-5-11(10-12)13-7-8-14(19-2)15(17)16(13)20-3/h7-8,11-12,18H,4-6,9-10H2,1-3H3. The highest BCUT2D eigenvalue weighted by atomic mass is 79.9. The van der Waals surface area contributed by atoms with Gasteiger partial charge in [0.1, 0.15) is 16.0 Å². The Kier molecular flexibility index (Phi) is 5.73. The van der Waals surface area contributed by atoms with Gasteiger partial charge in [0.05, 0.1) is 14.2 Å². The van der Waals surface area contributed by atoms with Crippen molar-refractivity contribution >= 4 is 15.9 Å². The Hall–Kier alpha value is -0.740. The lowest BCUT2D eigenvalue weighted by Gasteiger charge is -2.18. The largest absolute Gasteiger partial charge is 0.495 e. The molecule has 2 atom stereocenters. The summed E-state index contributed by atoms with van der Waals surface area (Å²) in [4.78, 5) is 0. The average molecular weight is 342 g/mol. The first kappa shape index (κ1) is 15.6. The summed E-state index contributed by atoms with van der Waals surface area (Å²) < 4.78 is 11.9. The van der Waals surface area contributed by atoms with Crippen molar-refractivity contribution in [1.29, 1.82) is 0 Å². The first-order valence-electron chi connectivity index (χ1n) is 7.35. The first-order chi connectivity index (χ1) is 9.71. The molecule has 0 heterocycles. The minimum absolute atomic E-state index is 0.571. The summed E-state index contributed by atoms with van der Waals surface area (Å²) in [5, 5.41) is 3.63. The second-order valence-electron chi connectivity index (χ2n) is 5.37. The topological polar surface area (TPSA) is 30.5 Å². The summed E-state index contributed by atoms with van der Waals surface area (Å²) in [5.74, 6) is 2.32. The van der Waals surface area contributed by atoms with Crippen LogP contribution in [0.25, 0.3) is 0 Å². The molecule has 1 saturated carbocycles. The fourth-order valence-corrected chi connectivity index (χ4v) is 3.72. The molecule has 0 radical (unpaired) electrons. The Bertz CT molecular complexity index is 450. The zero-order chi connectivity index (χ0) is 14.5. The van der Waals surface area contributed by atoms with Crippen LogP contribution in [0.5, 0.6) is 11.5 Å². The monoisotopic (exact) mass is 341 g/mol. The fraction of sp³-hybridized carbons (Fsp3) is 0.625. The molecule has 2 rings (SSSR count). The van der Waals surface area contributed by atoms with E-state index >= 15 is 0 Å². The van der Waals surface area contributed by atoms with Gasteiger partial charge in [-0.3, -0.25) is 0 Å². The van der Waals surface area contributed by atoms with Crippen molar-refractivity contribution in [3.63, 3.8) is 0 Å². The van der Waals surface area contributed by atoms with E-state index in [9.17, 15) is 0 Å². The molecule has 2 unspecified atom stereocenters. The third kappa shape index (κ3) is 3.29. The van der Waals surface area contributed by atoms with Crippen LogP contribution >= 0.6 is 15.9 Å². The maximum atomic E-state index is 5.60. The van der Waals surface area contributed by atoms with E-state index in [0.717, 1.165) is 22.5 Å². The molecule has 0 saturated heterocycles. The van der Waals surface area contributed by atoms with Crippen molar-refractivity contribution in [1.82, 2.24) is 5.32 Å². The van der Waals surface area contributed by atoms with Gasteiger partial charge in [0.2, 0.25) is 0 Å². The summed E-state index contributed by atoms with van der Waals surface area (Å²) in [6, 6.07) is 4.81. The zero-order valence-electron chi connectivity index (χ0n) is 12.5. The van der Waals surface area contributed by atoms with Crippen LogP contribution in [0, 0.1) is 0 Å². The molecule has 20 heavy (non-hydrogen) atoms. The van der Waals surface area contributed by atoms with Gasteiger partial charge in [0.15, 0.2) is 0 Å². The second-order valence-corrected chi connectivity index (χ2v) is 6.16. The Morgan fingerprint density at radius 3 is 2.70 bits per heavy atom. The Labute approximate surface area is 130 Å². The van der Waals surface area contributed by atoms with Gasteiger partial charge in [-0.05, 0) is 65.7 Å². The molecule has 0 aromatic heterocycles. The number of hydrogen-bond acceptors (Lipinski definition) is 3. The number of halogens is 1. The van der Waals surface area contributed by atoms with Crippen molar-refractivity contribution in [2.24, 2.45) is 0 Å². The van der Waals surface area contributed by atoms with E-state index in [0.29, 0.717) is 12.0 Å². The van der Waals surface area contributed by atoms with Gasteiger partial charge < -0.3 is 14.8 Å². The normalized spacial score (nSPS) is 22.0. The predicted molar refractivity (Wildman–Crippen MR) is 85.9 cm³/mol. The van der Waals surface area contributed by atoms with Crippen LogP contribution in [0.4, 0.5) is 0 Å². The quantitative estimate of drug-likeness (QED) is 0.844. The van der Waals surface area contributed by atoms with Gasteiger partial charge in [-0.25, -0.2) is 0 Å². The van der Waals surface area contributed by atoms with Crippen molar-refractivity contribution in [3.8, 4) is 11.5 Å². The first-order valence-corrected chi connectivity index (χ1v) is 8.14. The molecule has 112 valence electrons. The molecule has 0 spiro atoms. The molecule has 4 heteroatoms. The van der Waals surface area contributed by atoms with Crippen LogP contribution in [0.2, 0.25) is 0 Å². The van der Waals surface area contributed by atoms with E-state index in [1.165, 1.54) is 31.2 Å². The van der Waals surface area contributed by atoms with E-state index in [2.05, 4.69) is 34.2 Å². The van der Waals surface area contributed by atoms with Gasteiger partial charge >= 0.3 is 0 Å². The van der Waals surface area contributed by atoms with Crippen molar-refractivity contribution < 1.29 is 9.47 Å². The maximum Gasteiger partial charge on any atom is 0.140 e. The van der Waals surface area contributed by atoms with Crippen LogP contribution in [0.1, 0.15) is 44.1 Å². The molecular weight excluding hydrogens is 318 g/mol. The lowest BCUT2D eigenvalue weighted by atomic mass is 9.96. The molecule has 0 amide bonds. The summed E-state index contributed by atoms with van der Waals surface area (Å²) >= 11 is 3.59. The molecule has 0 bridgehead atoms. The van der Waals surface area contributed by atoms with Crippen LogP contribution in [0.15, 0.2) is 16.6 Å². The summed E-state index contributed by atoms with van der Waals surface area (Å²) in [5.41, 5.74) is 1.29. The summed E-state index contributed by atoms with van der Waals surface area (Å²) in [6.07, 6.45) is 4.85.